The Bertz CT molecular complexity index is 1010. The monoisotopic (exact) mass is 410 g/mol. The highest BCUT2D eigenvalue weighted by atomic mass is 35.5. The van der Waals surface area contributed by atoms with Crippen LogP contribution in [-0.2, 0) is 9.59 Å². The van der Waals surface area contributed by atoms with Gasteiger partial charge in [-0.05, 0) is 48.4 Å². The van der Waals surface area contributed by atoms with E-state index in [1.807, 2.05) is 10.8 Å². The van der Waals surface area contributed by atoms with Crippen molar-refractivity contribution in [2.24, 2.45) is 0 Å². The molecule has 0 aromatic heterocycles. The number of nitrogens with one attached hydrogen (secondary N) is 2. The maximum atomic E-state index is 12.2. The zero-order valence-electron chi connectivity index (χ0n) is 15.9. The second kappa shape index (κ2) is 8.59. The maximum absolute atomic E-state index is 12.2. The summed E-state index contributed by atoms with van der Waals surface area (Å²) in [5, 5.41) is 6.11. The lowest BCUT2D eigenvalue weighted by atomic mass is 10.2. The van der Waals surface area contributed by atoms with Gasteiger partial charge in [0.15, 0.2) is 5.75 Å². The van der Waals surface area contributed by atoms with Crippen LogP contribution in [0, 0.1) is 12.3 Å². The lowest BCUT2D eigenvalue weighted by Crippen LogP contribution is -2.44. The van der Waals surface area contributed by atoms with Gasteiger partial charge in [-0.3, -0.25) is 9.59 Å². The Morgan fingerprint density at radius 2 is 1.97 bits per heavy atom. The summed E-state index contributed by atoms with van der Waals surface area (Å²) in [5.41, 5.74) is 1.57. The summed E-state index contributed by atoms with van der Waals surface area (Å²) < 4.78 is 6.03. The summed E-state index contributed by atoms with van der Waals surface area (Å²) in [7, 11) is 3.37. The van der Waals surface area contributed by atoms with E-state index in [-0.39, 0.29) is 5.91 Å². The minimum absolute atomic E-state index is 0.124. The summed E-state index contributed by atoms with van der Waals surface area (Å²) in [6.07, 6.45) is 6.84. The van der Waals surface area contributed by atoms with Gasteiger partial charge in [-0.15, -0.1) is 6.42 Å². The van der Waals surface area contributed by atoms with Crippen molar-refractivity contribution in [1.82, 2.24) is 10.2 Å². The lowest BCUT2D eigenvalue weighted by molar-refractivity contribution is -0.126. The molecule has 29 heavy (non-hydrogen) atoms. The second-order valence-corrected chi connectivity index (χ2v) is 6.68. The molecule has 2 aromatic carbocycles. The molecule has 0 bridgehead atoms. The van der Waals surface area contributed by atoms with Crippen molar-refractivity contribution in [2.45, 2.75) is 0 Å². The first kappa shape index (κ1) is 20.1. The average molecular weight is 411 g/mol. The number of ether oxygens (including phenoxy) is 1. The zero-order chi connectivity index (χ0) is 21.0. The molecule has 7 nitrogen and oxygen atoms in total. The Balaban J connectivity index is 2.02. The molecule has 3 rings (SSSR count). The SMILES string of the molecule is C#CC(=O)Nc1ccc(Oc2ccc(Cl)cc2)c(N2C=C(NC)C(=O)N(C)C2)c1. The van der Waals surface area contributed by atoms with Crippen molar-refractivity contribution >= 4 is 34.8 Å². The Kier molecular flexibility index (Phi) is 5.96. The van der Waals surface area contributed by atoms with Crippen molar-refractivity contribution in [3.8, 4) is 23.8 Å². The van der Waals surface area contributed by atoms with E-state index in [1.54, 1.807) is 67.7 Å². The fraction of sp³-hybridized carbons (Fsp3) is 0.143. The number of likely N-dealkylation sites (N-methyl/N-ethyl adjacent to an activating group) is 2. The van der Waals surface area contributed by atoms with Crippen LogP contribution >= 0.6 is 11.6 Å². The predicted molar refractivity (Wildman–Crippen MR) is 113 cm³/mol. The minimum atomic E-state index is -0.556. The van der Waals surface area contributed by atoms with E-state index in [4.69, 9.17) is 22.8 Å². The highest BCUT2D eigenvalue weighted by molar-refractivity contribution is 6.30. The number of hydrogen-bond donors (Lipinski definition) is 2. The van der Waals surface area contributed by atoms with E-state index in [0.29, 0.717) is 40.3 Å². The number of nitrogens with zero attached hydrogens (tertiary/aromatic N) is 2. The van der Waals surface area contributed by atoms with Gasteiger partial charge < -0.3 is 25.2 Å². The topological polar surface area (TPSA) is 73.9 Å². The van der Waals surface area contributed by atoms with Gasteiger partial charge in [0.05, 0.1) is 12.4 Å². The summed E-state index contributed by atoms with van der Waals surface area (Å²) in [4.78, 5) is 27.2. The second-order valence-electron chi connectivity index (χ2n) is 6.24. The first-order valence-electron chi connectivity index (χ1n) is 8.68. The fourth-order valence-electron chi connectivity index (χ4n) is 2.77. The molecular formula is C21H19ClN4O3. The lowest BCUT2D eigenvalue weighted by Gasteiger charge is -2.33. The van der Waals surface area contributed by atoms with E-state index in [9.17, 15) is 9.59 Å². The molecule has 0 atom stereocenters. The van der Waals surface area contributed by atoms with Gasteiger partial charge in [0, 0.05) is 31.0 Å². The van der Waals surface area contributed by atoms with Gasteiger partial charge >= 0.3 is 0 Å². The fourth-order valence-corrected chi connectivity index (χ4v) is 2.90. The highest BCUT2D eigenvalue weighted by Crippen LogP contribution is 2.36. The number of anilines is 2. The van der Waals surface area contributed by atoms with Gasteiger partial charge in [0.2, 0.25) is 0 Å². The molecule has 0 unspecified atom stereocenters. The van der Waals surface area contributed by atoms with E-state index in [2.05, 4.69) is 10.6 Å². The molecule has 2 N–H and O–H groups in total. The summed E-state index contributed by atoms with van der Waals surface area (Å²) in [5.74, 6) is 2.46. The van der Waals surface area contributed by atoms with Crippen LogP contribution in [-0.4, -0.2) is 37.5 Å². The molecule has 0 radical (unpaired) electrons. The molecule has 0 fully saturated rings. The van der Waals surface area contributed by atoms with E-state index >= 15 is 0 Å². The first-order chi connectivity index (χ1) is 13.9. The van der Waals surface area contributed by atoms with Crippen molar-refractivity contribution in [1.29, 1.82) is 0 Å². The number of rotatable bonds is 5. The van der Waals surface area contributed by atoms with Gasteiger partial charge in [0.25, 0.3) is 11.8 Å². The van der Waals surface area contributed by atoms with E-state index in [1.165, 1.54) is 0 Å². The van der Waals surface area contributed by atoms with Crippen molar-refractivity contribution < 1.29 is 14.3 Å². The normalized spacial score (nSPS) is 13.4. The third-order valence-electron chi connectivity index (χ3n) is 4.19. The molecule has 2 amide bonds. The van der Waals surface area contributed by atoms with Gasteiger partial charge in [0.1, 0.15) is 11.4 Å². The minimum Gasteiger partial charge on any atom is -0.455 e. The smallest absolute Gasteiger partial charge is 0.300 e. The van der Waals surface area contributed by atoms with Crippen LogP contribution in [0.1, 0.15) is 0 Å². The van der Waals surface area contributed by atoms with Gasteiger partial charge in [-0.1, -0.05) is 11.6 Å². The van der Waals surface area contributed by atoms with E-state index in [0.717, 1.165) is 0 Å². The van der Waals surface area contributed by atoms with Crippen LogP contribution in [0.2, 0.25) is 5.02 Å². The molecule has 0 spiro atoms. The molecule has 0 saturated heterocycles. The Morgan fingerprint density at radius 3 is 2.62 bits per heavy atom. The van der Waals surface area contributed by atoms with Crippen molar-refractivity contribution in [2.75, 3.05) is 31.0 Å². The molecule has 8 heteroatoms. The summed E-state index contributed by atoms with van der Waals surface area (Å²) in [6.45, 7) is 0.299. The summed E-state index contributed by atoms with van der Waals surface area (Å²) in [6, 6.07) is 12.1. The Hall–Kier alpha value is -3.63. The molecule has 1 heterocycles. The number of carbonyl (C=O) groups excluding carboxylic acids is 2. The third-order valence-corrected chi connectivity index (χ3v) is 4.45. The van der Waals surface area contributed by atoms with Crippen LogP contribution in [0.3, 0.4) is 0 Å². The van der Waals surface area contributed by atoms with E-state index < -0.39 is 5.91 Å². The third kappa shape index (κ3) is 4.62. The number of benzene rings is 2. The zero-order valence-corrected chi connectivity index (χ0v) is 16.7. The molecule has 148 valence electrons. The standard InChI is InChI=1S/C21H19ClN4O3/c1-4-20(27)24-15-7-10-19(29-16-8-5-14(22)6-9-16)18(11-15)26-12-17(23-2)21(28)25(3)13-26/h1,5-12,23H,13H2,2-3H3,(H,24,27). The molecule has 1 aliphatic heterocycles. The predicted octanol–water partition coefficient (Wildman–Crippen LogP) is 3.00. The highest BCUT2D eigenvalue weighted by Gasteiger charge is 2.25. The number of halogens is 1. The molecular weight excluding hydrogens is 392 g/mol. The van der Waals surface area contributed by atoms with Crippen molar-refractivity contribution in [3.05, 3.63) is 59.4 Å². The molecule has 1 aliphatic rings. The molecule has 0 saturated carbocycles. The molecule has 2 aromatic rings. The van der Waals surface area contributed by atoms with Crippen LogP contribution in [0.25, 0.3) is 0 Å². The number of amides is 2. The van der Waals surface area contributed by atoms with Crippen LogP contribution < -0.4 is 20.3 Å². The van der Waals surface area contributed by atoms with Crippen LogP contribution in [0.15, 0.2) is 54.4 Å². The van der Waals surface area contributed by atoms with Gasteiger partial charge in [-0.2, -0.15) is 0 Å². The summed E-state index contributed by atoms with van der Waals surface area (Å²) >= 11 is 5.94. The molecule has 0 aliphatic carbocycles. The number of carbonyl (C=O) groups is 2. The quantitative estimate of drug-likeness (QED) is 0.741. The number of terminal acetylenes is 1. The average Bonchev–Trinajstić information content (AvgIpc) is 2.72. The van der Waals surface area contributed by atoms with Crippen LogP contribution in [0.5, 0.6) is 11.5 Å². The van der Waals surface area contributed by atoms with Crippen LogP contribution in [0.4, 0.5) is 11.4 Å². The Labute approximate surface area is 173 Å². The maximum Gasteiger partial charge on any atom is 0.300 e. The number of hydrogen-bond acceptors (Lipinski definition) is 5. The Morgan fingerprint density at radius 1 is 1.24 bits per heavy atom. The first-order valence-corrected chi connectivity index (χ1v) is 9.06. The largest absolute Gasteiger partial charge is 0.455 e. The van der Waals surface area contributed by atoms with Gasteiger partial charge in [-0.25, -0.2) is 0 Å². The van der Waals surface area contributed by atoms with Crippen molar-refractivity contribution in [3.63, 3.8) is 0 Å².